The van der Waals surface area contributed by atoms with E-state index in [1.807, 2.05) is 6.92 Å². The molecule has 0 aromatic rings. The summed E-state index contributed by atoms with van der Waals surface area (Å²) in [6.07, 6.45) is 7.21. The van der Waals surface area contributed by atoms with Crippen LogP contribution in [0.25, 0.3) is 0 Å². The highest BCUT2D eigenvalue weighted by atomic mass is 31.2. The highest BCUT2D eigenvalue weighted by Crippen LogP contribution is 2.30. The van der Waals surface area contributed by atoms with E-state index in [4.69, 9.17) is 4.89 Å². The van der Waals surface area contributed by atoms with Gasteiger partial charge in [-0.15, -0.1) is 0 Å². The number of rotatable bonds is 8. The van der Waals surface area contributed by atoms with E-state index in [1.165, 1.54) is 32.3 Å². The topological polar surface area (TPSA) is 49.3 Å². The Hall–Kier alpha value is 0.150. The number of hydrogen-bond acceptors (Lipinski definition) is 1. The Morgan fingerprint density at radius 1 is 1.29 bits per heavy atom. The maximum atomic E-state index is 11.0. The third kappa shape index (κ3) is 10.2. The van der Waals surface area contributed by atoms with Gasteiger partial charge in [-0.25, -0.2) is 5.09 Å². The van der Waals surface area contributed by atoms with Gasteiger partial charge in [0, 0.05) is 12.7 Å². The van der Waals surface area contributed by atoms with Crippen molar-refractivity contribution in [1.82, 2.24) is 5.09 Å². The van der Waals surface area contributed by atoms with Crippen molar-refractivity contribution in [2.24, 2.45) is 0 Å². The quantitative estimate of drug-likeness (QED) is 0.489. The predicted octanol–water partition coefficient (Wildman–Crippen LogP) is 3.14. The van der Waals surface area contributed by atoms with Crippen LogP contribution in [0, 0.1) is 0 Å². The molecule has 0 aliphatic carbocycles. The highest BCUT2D eigenvalue weighted by Gasteiger charge is 2.12. The van der Waals surface area contributed by atoms with Crippen LogP contribution in [0.5, 0.6) is 0 Å². The summed E-state index contributed by atoms with van der Waals surface area (Å²) >= 11 is 0. The van der Waals surface area contributed by atoms with Crippen LogP contribution in [0.1, 0.15) is 52.4 Å². The van der Waals surface area contributed by atoms with Gasteiger partial charge in [0.05, 0.1) is 0 Å². The Labute approximate surface area is 87.8 Å². The lowest BCUT2D eigenvalue weighted by atomic mass is 10.1. The average molecular weight is 221 g/mol. The standard InChI is InChI=1S/C10H24NO2P/c1-4-5-6-7-8-9-10(2)11-14(3,12)13/h10H,4-9H2,1-3H3,(H2,11,12,13). The number of unbranched alkanes of at least 4 members (excludes halogenated alkanes) is 4. The minimum Gasteiger partial charge on any atom is -0.333 e. The molecule has 0 rings (SSSR count). The first kappa shape index (κ1) is 14.2. The van der Waals surface area contributed by atoms with Crippen LogP contribution in [0.4, 0.5) is 0 Å². The number of nitrogens with one attached hydrogen (secondary N) is 1. The largest absolute Gasteiger partial charge is 0.333 e. The number of hydrogen-bond donors (Lipinski definition) is 2. The molecule has 2 unspecified atom stereocenters. The van der Waals surface area contributed by atoms with Gasteiger partial charge in [0.2, 0.25) is 0 Å². The molecule has 4 heteroatoms. The second-order valence-electron chi connectivity index (χ2n) is 4.11. The Balaban J connectivity index is 3.36. The molecule has 0 aromatic heterocycles. The first-order chi connectivity index (χ1) is 6.45. The summed E-state index contributed by atoms with van der Waals surface area (Å²) in [6, 6.07) is 0.150. The zero-order chi connectivity index (χ0) is 11.0. The van der Waals surface area contributed by atoms with Crippen LogP contribution in [0.3, 0.4) is 0 Å². The van der Waals surface area contributed by atoms with Gasteiger partial charge in [0.1, 0.15) is 0 Å². The molecule has 3 nitrogen and oxygen atoms in total. The van der Waals surface area contributed by atoms with Gasteiger partial charge in [-0.1, -0.05) is 39.0 Å². The SMILES string of the molecule is CCCCCCCC(C)NP(C)(=O)O. The molecular formula is C10H24NO2P. The Morgan fingerprint density at radius 2 is 1.86 bits per heavy atom. The molecule has 0 fully saturated rings. The van der Waals surface area contributed by atoms with E-state index in [0.29, 0.717) is 0 Å². The molecule has 0 amide bonds. The lowest BCUT2D eigenvalue weighted by Gasteiger charge is -2.15. The molecule has 0 heterocycles. The lowest BCUT2D eigenvalue weighted by molar-refractivity contribution is 0.447. The van der Waals surface area contributed by atoms with E-state index in [9.17, 15) is 4.57 Å². The van der Waals surface area contributed by atoms with Gasteiger partial charge < -0.3 is 4.89 Å². The van der Waals surface area contributed by atoms with E-state index in [-0.39, 0.29) is 6.04 Å². The normalized spacial score (nSPS) is 17.7. The fourth-order valence-electron chi connectivity index (χ4n) is 1.53. The minimum absolute atomic E-state index is 0.150. The predicted molar refractivity (Wildman–Crippen MR) is 61.7 cm³/mol. The van der Waals surface area contributed by atoms with Crippen molar-refractivity contribution < 1.29 is 9.46 Å². The third-order valence-electron chi connectivity index (χ3n) is 2.20. The van der Waals surface area contributed by atoms with E-state index in [2.05, 4.69) is 12.0 Å². The highest BCUT2D eigenvalue weighted by molar-refractivity contribution is 7.55. The Bertz CT molecular complexity index is 179. The molecule has 0 bridgehead atoms. The van der Waals surface area contributed by atoms with Crippen LogP contribution in [0.15, 0.2) is 0 Å². The molecule has 2 atom stereocenters. The van der Waals surface area contributed by atoms with Gasteiger partial charge in [-0.3, -0.25) is 4.57 Å². The van der Waals surface area contributed by atoms with Crippen LogP contribution in [0.2, 0.25) is 0 Å². The molecule has 0 saturated heterocycles. The zero-order valence-electron chi connectivity index (χ0n) is 9.62. The zero-order valence-corrected chi connectivity index (χ0v) is 10.5. The van der Waals surface area contributed by atoms with Crippen LogP contribution >= 0.6 is 7.52 Å². The van der Waals surface area contributed by atoms with Gasteiger partial charge in [0.15, 0.2) is 0 Å². The van der Waals surface area contributed by atoms with Crippen molar-refractivity contribution in [3.63, 3.8) is 0 Å². The summed E-state index contributed by atoms with van der Waals surface area (Å²) in [5, 5.41) is 2.72. The molecule has 0 aromatic carbocycles. The van der Waals surface area contributed by atoms with Crippen molar-refractivity contribution in [3.8, 4) is 0 Å². The van der Waals surface area contributed by atoms with Crippen molar-refractivity contribution in [2.75, 3.05) is 6.66 Å². The van der Waals surface area contributed by atoms with Crippen LogP contribution in [-0.4, -0.2) is 17.6 Å². The van der Waals surface area contributed by atoms with Crippen molar-refractivity contribution in [3.05, 3.63) is 0 Å². The summed E-state index contributed by atoms with van der Waals surface area (Å²) in [5.41, 5.74) is 0. The average Bonchev–Trinajstić information content (AvgIpc) is 2.00. The second-order valence-corrected chi connectivity index (χ2v) is 6.13. The van der Waals surface area contributed by atoms with E-state index in [0.717, 1.165) is 12.8 Å². The Morgan fingerprint density at radius 3 is 2.36 bits per heavy atom. The maximum absolute atomic E-state index is 11.0. The van der Waals surface area contributed by atoms with Gasteiger partial charge in [-0.05, 0) is 13.3 Å². The fourth-order valence-corrected chi connectivity index (χ4v) is 2.47. The van der Waals surface area contributed by atoms with Crippen molar-refractivity contribution in [1.29, 1.82) is 0 Å². The molecule has 14 heavy (non-hydrogen) atoms. The summed E-state index contributed by atoms with van der Waals surface area (Å²) in [5.74, 6) is 0. The second kappa shape index (κ2) is 7.44. The van der Waals surface area contributed by atoms with Gasteiger partial charge in [0.25, 0.3) is 7.52 Å². The fraction of sp³-hybridized carbons (Fsp3) is 1.00. The van der Waals surface area contributed by atoms with E-state index < -0.39 is 7.52 Å². The molecule has 2 N–H and O–H groups in total. The molecule has 0 aliphatic heterocycles. The molecular weight excluding hydrogens is 197 g/mol. The summed E-state index contributed by atoms with van der Waals surface area (Å²) in [4.78, 5) is 9.07. The van der Waals surface area contributed by atoms with Crippen molar-refractivity contribution >= 4 is 7.52 Å². The minimum atomic E-state index is -3.03. The summed E-state index contributed by atoms with van der Waals surface area (Å²) in [6.45, 7) is 5.51. The first-order valence-electron chi connectivity index (χ1n) is 5.53. The molecule has 0 radical (unpaired) electrons. The van der Waals surface area contributed by atoms with E-state index >= 15 is 0 Å². The molecule has 86 valence electrons. The van der Waals surface area contributed by atoms with Crippen LogP contribution < -0.4 is 5.09 Å². The summed E-state index contributed by atoms with van der Waals surface area (Å²) < 4.78 is 11.0. The van der Waals surface area contributed by atoms with Crippen molar-refractivity contribution in [2.45, 2.75) is 58.4 Å². The monoisotopic (exact) mass is 221 g/mol. The summed E-state index contributed by atoms with van der Waals surface area (Å²) in [7, 11) is -3.03. The Kier molecular flexibility index (Phi) is 7.52. The van der Waals surface area contributed by atoms with Crippen LogP contribution in [-0.2, 0) is 4.57 Å². The first-order valence-corrected chi connectivity index (χ1v) is 7.64. The smallest absolute Gasteiger partial charge is 0.264 e. The van der Waals surface area contributed by atoms with E-state index in [1.54, 1.807) is 0 Å². The molecule has 0 aliphatic rings. The lowest BCUT2D eigenvalue weighted by Crippen LogP contribution is -2.22. The third-order valence-corrected chi connectivity index (χ3v) is 3.12. The molecule has 0 spiro atoms. The maximum Gasteiger partial charge on any atom is 0.264 e. The molecule has 0 saturated carbocycles. The van der Waals surface area contributed by atoms with Gasteiger partial charge in [-0.2, -0.15) is 0 Å². The van der Waals surface area contributed by atoms with Gasteiger partial charge >= 0.3 is 0 Å².